The van der Waals surface area contributed by atoms with Gasteiger partial charge in [0.15, 0.2) is 23.0 Å². The number of nitrogens with zero attached hydrogens (tertiary/aromatic N) is 1. The molecule has 0 radical (unpaired) electrons. The van der Waals surface area contributed by atoms with Crippen molar-refractivity contribution in [2.75, 3.05) is 61.4 Å². The van der Waals surface area contributed by atoms with Crippen LogP contribution < -0.4 is 28.4 Å². The standard InChI is InChI=1S/C47H61NO10/c1-7-25-55-27-28-57-45-42(53-5)31-36(32-43(45)54-6)44(34-15-10-9-11-16-34)46(49)48-24-13-12-19-38(48)47(50)58-39(35-17-14-18-37(30-35)56-26-8-2)22-20-33-21-23-40(51-3)41(29-33)52-4/h7-8,14,17-18,21,23,29-32,34,38-39,44H,1-2,9-13,15-16,19-20,22,24-28H2,3-6H3. The minimum absolute atomic E-state index is 0.0779. The summed E-state index contributed by atoms with van der Waals surface area (Å²) >= 11 is 0. The average Bonchev–Trinajstić information content (AvgIpc) is 3.27. The third-order valence-corrected chi connectivity index (χ3v) is 11.0. The van der Waals surface area contributed by atoms with Gasteiger partial charge in [-0.25, -0.2) is 4.79 Å². The fourth-order valence-corrected chi connectivity index (χ4v) is 8.10. The summed E-state index contributed by atoms with van der Waals surface area (Å²) < 4.78 is 46.6. The summed E-state index contributed by atoms with van der Waals surface area (Å²) in [4.78, 5) is 31.4. The molecule has 1 aliphatic heterocycles. The van der Waals surface area contributed by atoms with Crippen LogP contribution in [0.25, 0.3) is 0 Å². The Balaban J connectivity index is 1.44. The molecule has 11 heteroatoms. The number of carbonyl (C=O) groups excluding carboxylic acids is 2. The molecule has 5 rings (SSSR count). The molecule has 0 aromatic heterocycles. The predicted molar refractivity (Wildman–Crippen MR) is 224 cm³/mol. The number of ether oxygens (including phenoxy) is 8. The molecule has 314 valence electrons. The van der Waals surface area contributed by atoms with Crippen molar-refractivity contribution < 1.29 is 47.5 Å². The molecule has 3 unspecified atom stereocenters. The van der Waals surface area contributed by atoms with Crippen molar-refractivity contribution in [2.45, 2.75) is 82.3 Å². The number of methoxy groups -OCH3 is 4. The number of benzene rings is 3. The molecule has 0 spiro atoms. The second-order valence-electron chi connectivity index (χ2n) is 14.7. The number of carbonyl (C=O) groups is 2. The maximum atomic E-state index is 15.1. The first-order chi connectivity index (χ1) is 28.3. The van der Waals surface area contributed by atoms with E-state index in [2.05, 4.69) is 13.2 Å². The smallest absolute Gasteiger partial charge is 0.329 e. The van der Waals surface area contributed by atoms with Crippen LogP contribution in [-0.4, -0.2) is 84.2 Å². The van der Waals surface area contributed by atoms with Crippen molar-refractivity contribution in [3.05, 3.63) is 96.6 Å². The monoisotopic (exact) mass is 799 g/mol. The summed E-state index contributed by atoms with van der Waals surface area (Å²) in [5.41, 5.74) is 2.59. The van der Waals surface area contributed by atoms with E-state index < -0.39 is 24.0 Å². The lowest BCUT2D eigenvalue weighted by Crippen LogP contribution is -2.51. The zero-order valence-electron chi connectivity index (χ0n) is 34.7. The zero-order chi connectivity index (χ0) is 41.3. The number of aryl methyl sites for hydroxylation is 1. The Bertz CT molecular complexity index is 1780. The Kier molecular flexibility index (Phi) is 17.2. The molecule has 3 aromatic carbocycles. The minimum Gasteiger partial charge on any atom is -0.493 e. The molecule has 3 aromatic rings. The van der Waals surface area contributed by atoms with E-state index in [1.54, 1.807) is 45.5 Å². The summed E-state index contributed by atoms with van der Waals surface area (Å²) in [6.45, 7) is 9.32. The molecule has 0 bridgehead atoms. The Morgan fingerprint density at radius 3 is 2.14 bits per heavy atom. The fourth-order valence-electron chi connectivity index (χ4n) is 8.10. The van der Waals surface area contributed by atoms with Crippen molar-refractivity contribution in [2.24, 2.45) is 5.92 Å². The number of rotatable bonds is 22. The van der Waals surface area contributed by atoms with Crippen molar-refractivity contribution in [3.63, 3.8) is 0 Å². The molecular formula is C47H61NO10. The van der Waals surface area contributed by atoms with E-state index in [-0.39, 0.29) is 18.4 Å². The zero-order valence-corrected chi connectivity index (χ0v) is 34.7. The van der Waals surface area contributed by atoms with E-state index in [1.165, 1.54) is 0 Å². The van der Waals surface area contributed by atoms with E-state index in [0.717, 1.165) is 61.6 Å². The molecule has 1 saturated heterocycles. The van der Waals surface area contributed by atoms with Crippen LogP contribution in [0.3, 0.4) is 0 Å². The summed E-state index contributed by atoms with van der Waals surface area (Å²) in [5.74, 6) is 2.39. The SMILES string of the molecule is C=CCOCCOc1c(OC)cc(C(C(=O)N2CCCCC2C(=O)OC(CCc2ccc(OC)c(OC)c2)c2cccc(OCC=C)c2)C2CCCCC2)cc1OC. The number of amides is 1. The third-order valence-electron chi connectivity index (χ3n) is 11.0. The highest BCUT2D eigenvalue weighted by Crippen LogP contribution is 2.45. The van der Waals surface area contributed by atoms with Gasteiger partial charge >= 0.3 is 5.97 Å². The topological polar surface area (TPSA) is 111 Å². The van der Waals surface area contributed by atoms with Gasteiger partial charge in [0.1, 0.15) is 31.1 Å². The first-order valence-electron chi connectivity index (χ1n) is 20.5. The van der Waals surface area contributed by atoms with Gasteiger partial charge in [-0.2, -0.15) is 0 Å². The number of hydrogen-bond acceptors (Lipinski definition) is 10. The molecule has 0 N–H and O–H groups in total. The Hall–Kier alpha value is -5.16. The van der Waals surface area contributed by atoms with E-state index >= 15 is 4.79 Å². The van der Waals surface area contributed by atoms with Crippen LogP contribution in [0.5, 0.6) is 34.5 Å². The largest absolute Gasteiger partial charge is 0.493 e. The lowest BCUT2D eigenvalue weighted by Gasteiger charge is -2.40. The van der Waals surface area contributed by atoms with E-state index in [9.17, 15) is 4.79 Å². The third kappa shape index (κ3) is 11.5. The number of likely N-dealkylation sites (tertiary alicyclic amines) is 1. The second kappa shape index (κ2) is 22.7. The normalized spacial score (nSPS) is 16.7. The van der Waals surface area contributed by atoms with Crippen molar-refractivity contribution in [1.82, 2.24) is 4.90 Å². The van der Waals surface area contributed by atoms with Crippen LogP contribution in [0.4, 0.5) is 0 Å². The minimum atomic E-state index is -0.738. The Morgan fingerprint density at radius 1 is 0.741 bits per heavy atom. The van der Waals surface area contributed by atoms with Crippen LogP contribution in [0, 0.1) is 5.92 Å². The first kappa shape index (κ1) is 44.0. The highest BCUT2D eigenvalue weighted by molar-refractivity contribution is 5.89. The van der Waals surface area contributed by atoms with E-state index in [0.29, 0.717) is 80.1 Å². The quantitative estimate of drug-likeness (QED) is 0.0556. The predicted octanol–water partition coefficient (Wildman–Crippen LogP) is 8.83. The van der Waals surface area contributed by atoms with Crippen molar-refractivity contribution in [3.8, 4) is 34.5 Å². The van der Waals surface area contributed by atoms with Gasteiger partial charge in [0.25, 0.3) is 0 Å². The maximum absolute atomic E-state index is 15.1. The summed E-state index contributed by atoms with van der Waals surface area (Å²) in [5, 5.41) is 0. The van der Waals surface area contributed by atoms with E-state index in [4.69, 9.17) is 37.9 Å². The van der Waals surface area contributed by atoms with Crippen LogP contribution in [0.15, 0.2) is 79.9 Å². The molecule has 58 heavy (non-hydrogen) atoms. The molecule has 3 atom stereocenters. The van der Waals surface area contributed by atoms with Crippen LogP contribution >= 0.6 is 0 Å². The molecule has 1 amide bonds. The maximum Gasteiger partial charge on any atom is 0.329 e. The van der Waals surface area contributed by atoms with Gasteiger partial charge in [-0.1, -0.05) is 56.2 Å². The van der Waals surface area contributed by atoms with Crippen molar-refractivity contribution >= 4 is 11.9 Å². The molecule has 2 fully saturated rings. The summed E-state index contributed by atoms with van der Waals surface area (Å²) in [6.07, 6.45) is 11.0. The number of esters is 1. The molecule has 11 nitrogen and oxygen atoms in total. The van der Waals surface area contributed by atoms with Gasteiger partial charge in [-0.05, 0) is 104 Å². The highest BCUT2D eigenvalue weighted by Gasteiger charge is 2.41. The van der Waals surface area contributed by atoms with Gasteiger partial charge in [0.05, 0.1) is 47.6 Å². The summed E-state index contributed by atoms with van der Waals surface area (Å²) in [6, 6.07) is 16.5. The molecule has 1 aliphatic carbocycles. The van der Waals surface area contributed by atoms with Crippen LogP contribution in [-0.2, 0) is 25.5 Å². The molecule has 1 heterocycles. The van der Waals surface area contributed by atoms with Gasteiger partial charge in [-0.15, -0.1) is 6.58 Å². The average molecular weight is 800 g/mol. The lowest BCUT2D eigenvalue weighted by molar-refractivity contribution is -0.163. The van der Waals surface area contributed by atoms with Crippen LogP contribution in [0.1, 0.15) is 86.5 Å². The fraction of sp³-hybridized carbons (Fsp3) is 0.489. The lowest BCUT2D eigenvalue weighted by atomic mass is 9.75. The van der Waals surface area contributed by atoms with Gasteiger partial charge in [-0.3, -0.25) is 4.79 Å². The Morgan fingerprint density at radius 2 is 1.45 bits per heavy atom. The van der Waals surface area contributed by atoms with Crippen LogP contribution in [0.2, 0.25) is 0 Å². The number of piperidine rings is 1. The molecule has 2 aliphatic rings. The first-order valence-corrected chi connectivity index (χ1v) is 20.5. The van der Waals surface area contributed by atoms with Gasteiger partial charge in [0.2, 0.25) is 11.7 Å². The molecule has 1 saturated carbocycles. The van der Waals surface area contributed by atoms with E-state index in [1.807, 2.05) is 54.6 Å². The highest BCUT2D eigenvalue weighted by atomic mass is 16.6. The van der Waals surface area contributed by atoms with Gasteiger partial charge < -0.3 is 42.8 Å². The molecular weight excluding hydrogens is 739 g/mol. The summed E-state index contributed by atoms with van der Waals surface area (Å²) in [7, 11) is 6.37. The van der Waals surface area contributed by atoms with Gasteiger partial charge in [0, 0.05) is 6.54 Å². The van der Waals surface area contributed by atoms with Crippen molar-refractivity contribution in [1.29, 1.82) is 0 Å². The Labute approximate surface area is 344 Å². The second-order valence-corrected chi connectivity index (χ2v) is 14.7. The number of hydrogen-bond donors (Lipinski definition) is 0.